The third-order valence-electron chi connectivity index (χ3n) is 3.89. The van der Waals surface area contributed by atoms with Crippen LogP contribution in [-0.4, -0.2) is 54.4 Å². The van der Waals surface area contributed by atoms with Gasteiger partial charge in [0.2, 0.25) is 5.91 Å². The quantitative estimate of drug-likeness (QED) is 0.717. The highest BCUT2D eigenvalue weighted by atomic mass is 16.2. The first-order valence-corrected chi connectivity index (χ1v) is 7.59. The minimum Gasteiger partial charge on any atom is -0.357 e. The predicted molar refractivity (Wildman–Crippen MR) is 81.0 cm³/mol. The number of amides is 2. The van der Waals surface area contributed by atoms with E-state index in [1.165, 1.54) is 0 Å². The second-order valence-corrected chi connectivity index (χ2v) is 5.48. The number of rotatable bonds is 6. The first-order chi connectivity index (χ1) is 10.2. The van der Waals surface area contributed by atoms with Crippen molar-refractivity contribution in [2.24, 2.45) is 5.92 Å². The Bertz CT molecular complexity index is 452. The molecule has 1 fully saturated rings. The largest absolute Gasteiger partial charge is 0.357 e. The standard InChI is InChI=1S/C15H24N4O2/c1-2-19(10-12-5-8-16-9-6-12)11-14(20)18-15(21)13-4-3-7-17-13/h3-4,7,12,16-17H,2,5-6,8-11H2,1H3,(H,18,20,21). The maximum absolute atomic E-state index is 12.0. The molecule has 1 aromatic heterocycles. The van der Waals surface area contributed by atoms with E-state index in [1.54, 1.807) is 18.3 Å². The van der Waals surface area contributed by atoms with Crippen molar-refractivity contribution in [1.82, 2.24) is 20.5 Å². The number of carbonyl (C=O) groups is 2. The summed E-state index contributed by atoms with van der Waals surface area (Å²) in [4.78, 5) is 28.6. The zero-order chi connectivity index (χ0) is 15.1. The van der Waals surface area contributed by atoms with Gasteiger partial charge in [0, 0.05) is 12.7 Å². The van der Waals surface area contributed by atoms with Crippen molar-refractivity contribution in [3.05, 3.63) is 24.0 Å². The lowest BCUT2D eigenvalue weighted by Gasteiger charge is -2.28. The zero-order valence-corrected chi connectivity index (χ0v) is 12.5. The predicted octanol–water partition coefficient (Wildman–Crippen LogP) is 0.593. The zero-order valence-electron chi connectivity index (χ0n) is 12.5. The maximum Gasteiger partial charge on any atom is 0.274 e. The lowest BCUT2D eigenvalue weighted by molar-refractivity contribution is -0.121. The Hall–Kier alpha value is -1.66. The van der Waals surface area contributed by atoms with Gasteiger partial charge in [-0.05, 0) is 50.5 Å². The van der Waals surface area contributed by atoms with Crippen LogP contribution in [0.4, 0.5) is 0 Å². The first kappa shape index (κ1) is 15.7. The van der Waals surface area contributed by atoms with Crippen molar-refractivity contribution in [1.29, 1.82) is 0 Å². The number of aromatic amines is 1. The van der Waals surface area contributed by atoms with Crippen molar-refractivity contribution >= 4 is 11.8 Å². The molecule has 0 radical (unpaired) electrons. The second-order valence-electron chi connectivity index (χ2n) is 5.48. The van der Waals surface area contributed by atoms with Gasteiger partial charge in [0.05, 0.1) is 6.54 Å². The minimum absolute atomic E-state index is 0.245. The summed E-state index contributed by atoms with van der Waals surface area (Å²) in [5, 5.41) is 5.76. The highest BCUT2D eigenvalue weighted by molar-refractivity contribution is 6.04. The molecule has 1 aliphatic rings. The number of piperidine rings is 1. The number of H-pyrrole nitrogens is 1. The van der Waals surface area contributed by atoms with E-state index < -0.39 is 0 Å². The Balaban J connectivity index is 1.77. The van der Waals surface area contributed by atoms with Gasteiger partial charge in [0.15, 0.2) is 0 Å². The molecule has 1 saturated heterocycles. The Morgan fingerprint density at radius 2 is 2.14 bits per heavy atom. The third-order valence-corrected chi connectivity index (χ3v) is 3.89. The van der Waals surface area contributed by atoms with Crippen LogP contribution in [0.15, 0.2) is 18.3 Å². The van der Waals surface area contributed by atoms with Gasteiger partial charge >= 0.3 is 0 Å². The normalized spacial score (nSPS) is 16.1. The SMILES string of the molecule is CCN(CC(=O)NC(=O)c1ccc[nH]1)CC1CCNCC1. The number of nitrogens with zero attached hydrogens (tertiary/aromatic N) is 1. The second kappa shape index (κ2) is 7.95. The van der Waals surface area contributed by atoms with E-state index in [2.05, 4.69) is 20.5 Å². The number of likely N-dealkylation sites (N-methyl/N-ethyl adjacent to an activating group) is 1. The fourth-order valence-corrected chi connectivity index (χ4v) is 2.64. The Morgan fingerprint density at radius 3 is 2.76 bits per heavy atom. The molecular weight excluding hydrogens is 268 g/mol. The van der Waals surface area contributed by atoms with Gasteiger partial charge in [-0.15, -0.1) is 0 Å². The van der Waals surface area contributed by atoms with Gasteiger partial charge in [-0.3, -0.25) is 19.8 Å². The van der Waals surface area contributed by atoms with Crippen LogP contribution in [0.1, 0.15) is 30.3 Å². The first-order valence-electron chi connectivity index (χ1n) is 7.59. The highest BCUT2D eigenvalue weighted by Gasteiger charge is 2.19. The van der Waals surface area contributed by atoms with Crippen LogP contribution < -0.4 is 10.6 Å². The number of aromatic nitrogens is 1. The minimum atomic E-state index is -0.372. The molecule has 0 aromatic carbocycles. The van der Waals surface area contributed by atoms with Crippen LogP contribution in [0.5, 0.6) is 0 Å². The molecule has 0 spiro atoms. The molecule has 2 rings (SSSR count). The molecule has 0 aliphatic carbocycles. The summed E-state index contributed by atoms with van der Waals surface area (Å²) in [5.74, 6) is 0.0198. The average molecular weight is 292 g/mol. The van der Waals surface area contributed by atoms with E-state index in [0.717, 1.165) is 39.0 Å². The topological polar surface area (TPSA) is 77.2 Å². The van der Waals surface area contributed by atoms with Gasteiger partial charge in [0.25, 0.3) is 5.91 Å². The number of hydrogen-bond donors (Lipinski definition) is 3. The molecule has 0 atom stereocenters. The Kier molecular flexibility index (Phi) is 5.95. The molecule has 6 nitrogen and oxygen atoms in total. The van der Waals surface area contributed by atoms with Crippen LogP contribution in [-0.2, 0) is 4.79 Å². The van der Waals surface area contributed by atoms with E-state index in [4.69, 9.17) is 0 Å². The number of nitrogens with one attached hydrogen (secondary N) is 3. The van der Waals surface area contributed by atoms with Gasteiger partial charge < -0.3 is 10.3 Å². The lowest BCUT2D eigenvalue weighted by atomic mass is 9.97. The molecule has 1 aromatic rings. The van der Waals surface area contributed by atoms with E-state index in [1.807, 2.05) is 6.92 Å². The smallest absolute Gasteiger partial charge is 0.274 e. The summed E-state index contributed by atoms with van der Waals surface area (Å²) in [5.41, 5.74) is 0.407. The summed E-state index contributed by atoms with van der Waals surface area (Å²) >= 11 is 0. The van der Waals surface area contributed by atoms with Crippen LogP contribution >= 0.6 is 0 Å². The number of imide groups is 1. The van der Waals surface area contributed by atoms with E-state index in [9.17, 15) is 9.59 Å². The van der Waals surface area contributed by atoms with Crippen molar-refractivity contribution in [2.45, 2.75) is 19.8 Å². The highest BCUT2D eigenvalue weighted by Crippen LogP contribution is 2.13. The van der Waals surface area contributed by atoms with E-state index >= 15 is 0 Å². The monoisotopic (exact) mass is 292 g/mol. The number of hydrogen-bond acceptors (Lipinski definition) is 4. The van der Waals surface area contributed by atoms with Crippen molar-refractivity contribution in [2.75, 3.05) is 32.7 Å². The van der Waals surface area contributed by atoms with Gasteiger partial charge in [-0.2, -0.15) is 0 Å². The Labute approximate surface area is 125 Å². The summed E-state index contributed by atoms with van der Waals surface area (Å²) in [6.45, 7) is 6.16. The Morgan fingerprint density at radius 1 is 1.38 bits per heavy atom. The van der Waals surface area contributed by atoms with Crippen molar-refractivity contribution in [3.63, 3.8) is 0 Å². The van der Waals surface area contributed by atoms with Crippen molar-refractivity contribution < 1.29 is 9.59 Å². The summed E-state index contributed by atoms with van der Waals surface area (Å²) in [6, 6.07) is 3.38. The van der Waals surface area contributed by atoms with Gasteiger partial charge in [-0.1, -0.05) is 6.92 Å². The average Bonchev–Trinajstić information content (AvgIpc) is 3.02. The third kappa shape index (κ3) is 4.99. The maximum atomic E-state index is 12.0. The molecule has 2 heterocycles. The fraction of sp³-hybridized carbons (Fsp3) is 0.600. The van der Waals surface area contributed by atoms with Gasteiger partial charge in [-0.25, -0.2) is 0 Å². The van der Waals surface area contributed by atoms with Crippen LogP contribution in [0, 0.1) is 5.92 Å². The van der Waals surface area contributed by atoms with Crippen LogP contribution in [0.3, 0.4) is 0 Å². The fourth-order valence-electron chi connectivity index (χ4n) is 2.64. The van der Waals surface area contributed by atoms with E-state index in [-0.39, 0.29) is 18.4 Å². The molecule has 1 aliphatic heterocycles. The molecule has 116 valence electrons. The number of carbonyl (C=O) groups excluding carboxylic acids is 2. The molecule has 0 saturated carbocycles. The molecule has 3 N–H and O–H groups in total. The van der Waals surface area contributed by atoms with Gasteiger partial charge in [0.1, 0.15) is 5.69 Å². The van der Waals surface area contributed by atoms with E-state index in [0.29, 0.717) is 11.6 Å². The molecular formula is C15H24N4O2. The molecule has 2 amide bonds. The van der Waals surface area contributed by atoms with Crippen LogP contribution in [0.2, 0.25) is 0 Å². The molecule has 6 heteroatoms. The van der Waals surface area contributed by atoms with Crippen LogP contribution in [0.25, 0.3) is 0 Å². The van der Waals surface area contributed by atoms with Crippen molar-refractivity contribution in [3.8, 4) is 0 Å². The summed E-state index contributed by atoms with van der Waals surface area (Å²) in [7, 11) is 0. The lowest BCUT2D eigenvalue weighted by Crippen LogP contribution is -2.43. The summed E-state index contributed by atoms with van der Waals surface area (Å²) in [6.07, 6.45) is 3.97. The molecule has 0 bridgehead atoms. The molecule has 0 unspecified atom stereocenters. The summed E-state index contributed by atoms with van der Waals surface area (Å²) < 4.78 is 0. The molecule has 21 heavy (non-hydrogen) atoms.